The highest BCUT2D eigenvalue weighted by molar-refractivity contribution is 5.74. The van der Waals surface area contributed by atoms with Gasteiger partial charge in [0.1, 0.15) is 0 Å². The van der Waals surface area contributed by atoms with Crippen molar-refractivity contribution in [3.8, 4) is 0 Å². The molecule has 1 aliphatic rings. The highest BCUT2D eigenvalue weighted by Gasteiger charge is 2.29. The van der Waals surface area contributed by atoms with Gasteiger partial charge < -0.3 is 9.64 Å². The lowest BCUT2D eigenvalue weighted by Crippen LogP contribution is -2.24. The van der Waals surface area contributed by atoms with Gasteiger partial charge >= 0.3 is 5.97 Å². The summed E-state index contributed by atoms with van der Waals surface area (Å²) in [7, 11) is 1.43. The number of aryl methyl sites for hydroxylation is 1. The van der Waals surface area contributed by atoms with Gasteiger partial charge in [0.05, 0.1) is 18.7 Å². The molecule has 5 nitrogen and oxygen atoms in total. The van der Waals surface area contributed by atoms with Crippen LogP contribution < -0.4 is 4.90 Å². The Balaban J connectivity index is 1.98. The topological polar surface area (TPSA) is 55.3 Å². The van der Waals surface area contributed by atoms with Crippen molar-refractivity contribution in [2.75, 3.05) is 25.1 Å². The largest absolute Gasteiger partial charge is 0.469 e. The first-order valence-corrected chi connectivity index (χ1v) is 6.40. The maximum Gasteiger partial charge on any atom is 0.310 e. The number of ether oxygens (including phenoxy) is 1. The molecule has 0 radical (unpaired) electrons. The number of nitrogens with zero attached hydrogens (tertiary/aromatic N) is 3. The Morgan fingerprint density at radius 2 is 2.33 bits per heavy atom. The summed E-state index contributed by atoms with van der Waals surface area (Å²) in [6.45, 7) is 3.63. The summed E-state index contributed by atoms with van der Waals surface area (Å²) in [5.74, 6) is 0.682. The van der Waals surface area contributed by atoms with Gasteiger partial charge in [0.2, 0.25) is 0 Å². The Bertz CT molecular complexity index is 405. The molecule has 1 unspecified atom stereocenters. The molecule has 1 aromatic heterocycles. The van der Waals surface area contributed by atoms with Crippen LogP contribution in [0.1, 0.15) is 25.5 Å². The number of rotatable bonds is 4. The number of hydrogen-bond donors (Lipinski definition) is 0. The minimum absolute atomic E-state index is 0.0351. The second kappa shape index (κ2) is 5.80. The molecule has 0 saturated carbocycles. The molecule has 2 heterocycles. The molecule has 5 heteroatoms. The van der Waals surface area contributed by atoms with E-state index in [-0.39, 0.29) is 11.9 Å². The zero-order valence-corrected chi connectivity index (χ0v) is 10.9. The molecule has 98 valence electrons. The quantitative estimate of drug-likeness (QED) is 0.755. The van der Waals surface area contributed by atoms with Crippen LogP contribution in [0.15, 0.2) is 12.1 Å². The van der Waals surface area contributed by atoms with Crippen molar-refractivity contribution in [2.24, 2.45) is 5.92 Å². The van der Waals surface area contributed by atoms with Crippen LogP contribution in [0.3, 0.4) is 0 Å². The third kappa shape index (κ3) is 2.78. The summed E-state index contributed by atoms with van der Waals surface area (Å²) in [4.78, 5) is 13.5. The molecule has 1 atom stereocenters. The number of carbonyl (C=O) groups excluding carboxylic acids is 1. The zero-order valence-electron chi connectivity index (χ0n) is 10.9. The molecule has 0 spiro atoms. The molecule has 0 N–H and O–H groups in total. The van der Waals surface area contributed by atoms with E-state index in [4.69, 9.17) is 4.74 Å². The van der Waals surface area contributed by atoms with Gasteiger partial charge in [-0.1, -0.05) is 13.3 Å². The van der Waals surface area contributed by atoms with E-state index < -0.39 is 0 Å². The van der Waals surface area contributed by atoms with Crippen LogP contribution in [0.2, 0.25) is 0 Å². The molecule has 18 heavy (non-hydrogen) atoms. The van der Waals surface area contributed by atoms with Gasteiger partial charge in [0.25, 0.3) is 0 Å². The highest BCUT2D eigenvalue weighted by Crippen LogP contribution is 2.22. The molecular weight excluding hydrogens is 230 g/mol. The van der Waals surface area contributed by atoms with Crippen LogP contribution >= 0.6 is 0 Å². The van der Waals surface area contributed by atoms with E-state index in [1.165, 1.54) is 7.11 Å². The summed E-state index contributed by atoms with van der Waals surface area (Å²) >= 11 is 0. The summed E-state index contributed by atoms with van der Waals surface area (Å²) in [6.07, 6.45) is 2.85. The molecule has 1 aliphatic heterocycles. The van der Waals surface area contributed by atoms with Crippen molar-refractivity contribution in [1.82, 2.24) is 10.2 Å². The normalized spacial score (nSPS) is 19.0. The van der Waals surface area contributed by atoms with E-state index >= 15 is 0 Å². The number of methoxy groups -OCH3 is 1. The van der Waals surface area contributed by atoms with Gasteiger partial charge in [-0.2, -0.15) is 5.10 Å². The van der Waals surface area contributed by atoms with E-state index in [0.717, 1.165) is 37.3 Å². The van der Waals surface area contributed by atoms with Gasteiger partial charge in [-0.15, -0.1) is 5.10 Å². The van der Waals surface area contributed by atoms with Crippen LogP contribution in [0, 0.1) is 5.92 Å². The smallest absolute Gasteiger partial charge is 0.310 e. The first kappa shape index (κ1) is 12.8. The Hall–Kier alpha value is -1.65. The fourth-order valence-electron chi connectivity index (χ4n) is 2.24. The Morgan fingerprint density at radius 1 is 1.50 bits per heavy atom. The summed E-state index contributed by atoms with van der Waals surface area (Å²) in [5, 5.41) is 8.42. The SMILES string of the molecule is CCCc1ccc(N2CCC(C(=O)OC)C2)nn1. The van der Waals surface area contributed by atoms with Gasteiger partial charge in [-0.05, 0) is 25.0 Å². The molecular formula is C13H19N3O2. The average molecular weight is 249 g/mol. The van der Waals surface area contributed by atoms with Crippen LogP contribution in [0.25, 0.3) is 0 Å². The molecule has 1 fully saturated rings. The first-order chi connectivity index (χ1) is 8.74. The van der Waals surface area contributed by atoms with E-state index in [1.807, 2.05) is 12.1 Å². The van der Waals surface area contributed by atoms with Crippen molar-refractivity contribution in [3.63, 3.8) is 0 Å². The lowest BCUT2D eigenvalue weighted by Gasteiger charge is -2.16. The third-order valence-corrected chi connectivity index (χ3v) is 3.26. The molecule has 1 saturated heterocycles. The van der Waals surface area contributed by atoms with Crippen molar-refractivity contribution >= 4 is 11.8 Å². The highest BCUT2D eigenvalue weighted by atomic mass is 16.5. The fourth-order valence-corrected chi connectivity index (χ4v) is 2.24. The first-order valence-electron chi connectivity index (χ1n) is 6.40. The molecule has 2 rings (SSSR count). The minimum atomic E-state index is -0.131. The lowest BCUT2D eigenvalue weighted by molar-refractivity contribution is -0.144. The molecule has 0 aliphatic carbocycles. The van der Waals surface area contributed by atoms with Gasteiger partial charge in [-0.25, -0.2) is 0 Å². The molecule has 0 bridgehead atoms. The maximum atomic E-state index is 11.4. The van der Waals surface area contributed by atoms with Crippen LogP contribution in [-0.2, 0) is 16.0 Å². The second-order valence-corrected chi connectivity index (χ2v) is 4.59. The average Bonchev–Trinajstić information content (AvgIpc) is 2.89. The summed E-state index contributed by atoms with van der Waals surface area (Å²) in [6, 6.07) is 3.99. The Kier molecular flexibility index (Phi) is 4.12. The van der Waals surface area contributed by atoms with Gasteiger partial charge in [0, 0.05) is 13.1 Å². The van der Waals surface area contributed by atoms with E-state index in [9.17, 15) is 4.79 Å². The molecule has 1 aromatic rings. The number of esters is 1. The Labute approximate surface area is 107 Å². The monoisotopic (exact) mass is 249 g/mol. The van der Waals surface area contributed by atoms with Gasteiger partial charge in [-0.3, -0.25) is 4.79 Å². The minimum Gasteiger partial charge on any atom is -0.469 e. The van der Waals surface area contributed by atoms with Crippen LogP contribution in [0.4, 0.5) is 5.82 Å². The van der Waals surface area contributed by atoms with E-state index in [0.29, 0.717) is 6.54 Å². The van der Waals surface area contributed by atoms with Crippen molar-refractivity contribution < 1.29 is 9.53 Å². The summed E-state index contributed by atoms with van der Waals surface area (Å²) < 4.78 is 4.77. The van der Waals surface area contributed by atoms with E-state index in [1.54, 1.807) is 0 Å². The molecule has 0 aromatic carbocycles. The lowest BCUT2D eigenvalue weighted by atomic mass is 10.1. The van der Waals surface area contributed by atoms with Crippen molar-refractivity contribution in [2.45, 2.75) is 26.2 Å². The maximum absolute atomic E-state index is 11.4. The molecule has 0 amide bonds. The van der Waals surface area contributed by atoms with E-state index in [2.05, 4.69) is 22.0 Å². The van der Waals surface area contributed by atoms with Crippen LogP contribution in [-0.4, -0.2) is 36.4 Å². The number of aromatic nitrogens is 2. The number of anilines is 1. The number of carbonyl (C=O) groups is 1. The third-order valence-electron chi connectivity index (χ3n) is 3.26. The predicted molar refractivity (Wildman–Crippen MR) is 68.4 cm³/mol. The number of hydrogen-bond acceptors (Lipinski definition) is 5. The van der Waals surface area contributed by atoms with Crippen molar-refractivity contribution in [3.05, 3.63) is 17.8 Å². The fraction of sp³-hybridized carbons (Fsp3) is 0.615. The standard InChI is InChI=1S/C13H19N3O2/c1-3-4-11-5-6-12(15-14-11)16-8-7-10(9-16)13(17)18-2/h5-6,10H,3-4,7-9H2,1-2H3. The zero-order chi connectivity index (χ0) is 13.0. The predicted octanol–water partition coefficient (Wildman–Crippen LogP) is 1.43. The van der Waals surface area contributed by atoms with Gasteiger partial charge in [0.15, 0.2) is 5.82 Å². The van der Waals surface area contributed by atoms with Crippen LogP contribution in [0.5, 0.6) is 0 Å². The summed E-state index contributed by atoms with van der Waals surface area (Å²) in [5.41, 5.74) is 1.02. The second-order valence-electron chi connectivity index (χ2n) is 4.59. The van der Waals surface area contributed by atoms with Crippen molar-refractivity contribution in [1.29, 1.82) is 0 Å². The Morgan fingerprint density at radius 3 is 2.94 bits per heavy atom.